The van der Waals surface area contributed by atoms with Crippen LogP contribution in [0.5, 0.6) is 5.88 Å². The van der Waals surface area contributed by atoms with Crippen molar-refractivity contribution < 1.29 is 33.3 Å². The molecule has 2 amide bonds. The first-order chi connectivity index (χ1) is 15.3. The van der Waals surface area contributed by atoms with E-state index in [4.69, 9.17) is 16.3 Å². The van der Waals surface area contributed by atoms with Crippen molar-refractivity contribution in [3.8, 4) is 23.1 Å². The minimum Gasteiger partial charge on any atom is -0.472 e. The Hall–Kier alpha value is -3.49. The number of aliphatic hydroxyl groups excluding tert-OH is 2. The highest BCUT2D eigenvalue weighted by Crippen LogP contribution is 2.27. The number of halogens is 2. The summed E-state index contributed by atoms with van der Waals surface area (Å²) in [7, 11) is 0. The molecule has 170 valence electrons. The minimum absolute atomic E-state index is 0.0162. The minimum atomic E-state index is -0.989. The van der Waals surface area contributed by atoms with Crippen LogP contribution >= 0.6 is 11.6 Å². The highest BCUT2D eigenvalue weighted by molar-refractivity contribution is 6.30. The van der Waals surface area contributed by atoms with E-state index in [9.17, 15) is 24.2 Å². The van der Waals surface area contributed by atoms with Gasteiger partial charge in [0.05, 0.1) is 42.6 Å². The second-order valence-corrected chi connectivity index (χ2v) is 7.15. The SMILES string of the molecule is O=C(NCCOc1nonc1-c1noc(=O)n1-c1ccc(F)c(Cl)c1)N1C[C@@H](O)[C@H](O)C1. The zero-order valence-corrected chi connectivity index (χ0v) is 16.9. The van der Waals surface area contributed by atoms with Gasteiger partial charge >= 0.3 is 11.8 Å². The van der Waals surface area contributed by atoms with Crippen LogP contribution in [0.15, 0.2) is 32.1 Å². The maximum Gasteiger partial charge on any atom is 0.446 e. The average Bonchev–Trinajstić information content (AvgIpc) is 3.46. The van der Waals surface area contributed by atoms with E-state index in [0.717, 1.165) is 10.6 Å². The molecule has 0 radical (unpaired) electrons. The molecular weight excluding hydrogens is 455 g/mol. The van der Waals surface area contributed by atoms with Crippen molar-refractivity contribution in [3.05, 3.63) is 39.6 Å². The number of benzene rings is 1. The molecule has 32 heavy (non-hydrogen) atoms. The molecular formula is C17H16ClFN6O7. The number of nitrogens with zero attached hydrogens (tertiary/aromatic N) is 5. The van der Waals surface area contributed by atoms with E-state index in [-0.39, 0.29) is 54.3 Å². The van der Waals surface area contributed by atoms with Crippen LogP contribution in [0, 0.1) is 5.82 Å². The van der Waals surface area contributed by atoms with Crippen LogP contribution in [0.25, 0.3) is 17.2 Å². The summed E-state index contributed by atoms with van der Waals surface area (Å²) in [5.74, 6) is -1.83. The number of ether oxygens (including phenoxy) is 1. The zero-order chi connectivity index (χ0) is 22.8. The van der Waals surface area contributed by atoms with E-state index < -0.39 is 29.8 Å². The molecule has 1 fully saturated rings. The Kier molecular flexibility index (Phi) is 6.07. The molecule has 0 spiro atoms. The molecule has 1 saturated heterocycles. The van der Waals surface area contributed by atoms with Crippen molar-refractivity contribution in [1.82, 2.24) is 30.3 Å². The summed E-state index contributed by atoms with van der Waals surface area (Å²) in [5.41, 5.74) is 0.0854. The van der Waals surface area contributed by atoms with Gasteiger partial charge in [0, 0.05) is 0 Å². The number of likely N-dealkylation sites (tertiary alicyclic amines) is 1. The van der Waals surface area contributed by atoms with Gasteiger partial charge in [0.25, 0.3) is 5.88 Å². The van der Waals surface area contributed by atoms with Gasteiger partial charge in [-0.15, -0.1) is 0 Å². The Morgan fingerprint density at radius 2 is 2.03 bits per heavy atom. The van der Waals surface area contributed by atoms with Crippen molar-refractivity contribution in [2.24, 2.45) is 0 Å². The lowest BCUT2D eigenvalue weighted by atomic mass is 10.3. The maximum atomic E-state index is 13.5. The molecule has 15 heteroatoms. The Morgan fingerprint density at radius 1 is 1.28 bits per heavy atom. The molecule has 0 unspecified atom stereocenters. The summed E-state index contributed by atoms with van der Waals surface area (Å²) in [5, 5.41) is 32.3. The topological polar surface area (TPSA) is 169 Å². The molecule has 4 rings (SSSR count). The summed E-state index contributed by atoms with van der Waals surface area (Å²) >= 11 is 5.79. The summed E-state index contributed by atoms with van der Waals surface area (Å²) in [6, 6.07) is 3.08. The number of hydrogen-bond acceptors (Lipinski definition) is 10. The fourth-order valence-electron chi connectivity index (χ4n) is 3.02. The number of carbonyl (C=O) groups excluding carboxylic acids is 1. The third-order valence-electron chi connectivity index (χ3n) is 4.60. The lowest BCUT2D eigenvalue weighted by Gasteiger charge is -2.16. The maximum absolute atomic E-state index is 13.5. The fraction of sp³-hybridized carbons (Fsp3) is 0.353. The molecule has 0 aliphatic carbocycles. The standard InChI is InChI=1S/C17H16ClFN6O7/c18-9-5-8(1-2-10(9)19)25-14(22-31-17(25)29)13-15(23-32-21-13)30-4-3-20-16(28)24-6-11(26)12(27)7-24/h1-2,5,11-12,26-27H,3-4,6-7H2,(H,20,28)/t11-,12-/m1/s1. The van der Waals surface area contributed by atoms with Crippen LogP contribution in [-0.4, -0.2) is 79.6 Å². The van der Waals surface area contributed by atoms with E-state index in [1.807, 2.05) is 0 Å². The van der Waals surface area contributed by atoms with Gasteiger partial charge in [0.1, 0.15) is 12.4 Å². The molecule has 2 aromatic heterocycles. The van der Waals surface area contributed by atoms with Gasteiger partial charge in [-0.1, -0.05) is 16.8 Å². The van der Waals surface area contributed by atoms with Crippen molar-refractivity contribution in [1.29, 1.82) is 0 Å². The molecule has 1 aliphatic rings. The predicted octanol–water partition coefficient (Wildman–Crippen LogP) is -0.206. The van der Waals surface area contributed by atoms with Crippen LogP contribution in [0.3, 0.4) is 0 Å². The third kappa shape index (κ3) is 4.28. The first-order valence-electron chi connectivity index (χ1n) is 9.24. The van der Waals surface area contributed by atoms with Crippen molar-refractivity contribution in [2.45, 2.75) is 12.2 Å². The highest BCUT2D eigenvalue weighted by atomic mass is 35.5. The molecule has 1 aliphatic heterocycles. The molecule has 1 aromatic carbocycles. The summed E-state index contributed by atoms with van der Waals surface area (Å²) in [4.78, 5) is 25.4. The second-order valence-electron chi connectivity index (χ2n) is 6.74. The van der Waals surface area contributed by atoms with Crippen molar-refractivity contribution >= 4 is 17.6 Å². The van der Waals surface area contributed by atoms with Crippen LogP contribution in [-0.2, 0) is 0 Å². The lowest BCUT2D eigenvalue weighted by molar-refractivity contribution is 0.0572. The number of carbonyl (C=O) groups is 1. The van der Waals surface area contributed by atoms with E-state index >= 15 is 0 Å². The first kappa shape index (κ1) is 21.7. The van der Waals surface area contributed by atoms with Crippen LogP contribution in [0.1, 0.15) is 0 Å². The Morgan fingerprint density at radius 3 is 2.75 bits per heavy atom. The van der Waals surface area contributed by atoms with E-state index in [2.05, 4.69) is 29.9 Å². The normalized spacial score (nSPS) is 18.2. The fourth-order valence-corrected chi connectivity index (χ4v) is 3.19. The number of hydrogen-bond donors (Lipinski definition) is 3. The van der Waals surface area contributed by atoms with Crippen LogP contribution in [0.4, 0.5) is 9.18 Å². The van der Waals surface area contributed by atoms with Crippen molar-refractivity contribution in [2.75, 3.05) is 26.2 Å². The molecule has 0 bridgehead atoms. The van der Waals surface area contributed by atoms with Gasteiger partial charge in [-0.3, -0.25) is 4.52 Å². The van der Waals surface area contributed by atoms with E-state index in [1.165, 1.54) is 17.0 Å². The highest BCUT2D eigenvalue weighted by Gasteiger charge is 2.32. The smallest absolute Gasteiger partial charge is 0.446 e. The number of rotatable bonds is 6. The van der Waals surface area contributed by atoms with E-state index in [0.29, 0.717) is 0 Å². The number of β-amino-alcohol motifs (C(OH)–C–C–N with tert-alkyl or cyclic N) is 2. The van der Waals surface area contributed by atoms with Crippen LogP contribution in [0.2, 0.25) is 5.02 Å². The molecule has 0 saturated carbocycles. The van der Waals surface area contributed by atoms with Gasteiger partial charge in [-0.25, -0.2) is 23.2 Å². The first-order valence-corrected chi connectivity index (χ1v) is 9.61. The van der Waals surface area contributed by atoms with Gasteiger partial charge < -0.3 is 25.2 Å². The number of nitrogens with one attached hydrogen (secondary N) is 1. The number of aliphatic hydroxyl groups is 2. The molecule has 2 atom stereocenters. The molecule has 3 N–H and O–H groups in total. The van der Waals surface area contributed by atoms with E-state index in [1.54, 1.807) is 0 Å². The number of urea groups is 1. The number of amides is 2. The predicted molar refractivity (Wildman–Crippen MR) is 103 cm³/mol. The van der Waals surface area contributed by atoms with Crippen molar-refractivity contribution in [3.63, 3.8) is 0 Å². The van der Waals surface area contributed by atoms with Gasteiger partial charge in [0.2, 0.25) is 11.5 Å². The Bertz CT molecular complexity index is 1170. The Balaban J connectivity index is 1.43. The van der Waals surface area contributed by atoms with Crippen LogP contribution < -0.4 is 15.8 Å². The molecule has 13 nitrogen and oxygen atoms in total. The second kappa shape index (κ2) is 8.94. The van der Waals surface area contributed by atoms with Gasteiger partial charge in [-0.05, 0) is 28.5 Å². The summed E-state index contributed by atoms with van der Waals surface area (Å²) < 4.78 is 29.2. The number of aromatic nitrogens is 4. The molecule has 3 aromatic rings. The monoisotopic (exact) mass is 470 g/mol. The quantitative estimate of drug-likeness (QED) is 0.410. The summed E-state index contributed by atoms with van der Waals surface area (Å²) in [6.07, 6.45) is -1.98. The summed E-state index contributed by atoms with van der Waals surface area (Å²) in [6.45, 7) is 0.0218. The Labute approximate surface area is 182 Å². The van der Waals surface area contributed by atoms with Gasteiger partial charge in [-0.2, -0.15) is 0 Å². The third-order valence-corrected chi connectivity index (χ3v) is 4.89. The van der Waals surface area contributed by atoms with Gasteiger partial charge in [0.15, 0.2) is 0 Å². The average molecular weight is 471 g/mol. The molecule has 3 heterocycles. The zero-order valence-electron chi connectivity index (χ0n) is 16.1. The lowest BCUT2D eigenvalue weighted by Crippen LogP contribution is -2.40. The largest absolute Gasteiger partial charge is 0.472 e.